The van der Waals surface area contributed by atoms with Crippen LogP contribution in [-0.4, -0.2) is 5.60 Å². The third-order valence-corrected chi connectivity index (χ3v) is 2.31. The SMILES string of the molecule is CC1(C)C=Cc2cc(S)ccc2O1. The zero-order valence-electron chi connectivity index (χ0n) is 7.74. The average molecular weight is 192 g/mol. The average Bonchev–Trinajstić information content (AvgIpc) is 2.05. The standard InChI is InChI=1S/C11H12OS/c1-11(2)6-5-8-7-9(13)3-4-10(8)12-11/h3-7,13H,1-2H3. The monoisotopic (exact) mass is 192 g/mol. The van der Waals surface area contributed by atoms with E-state index < -0.39 is 0 Å². The molecule has 0 aliphatic carbocycles. The lowest BCUT2D eigenvalue weighted by atomic mass is 10.0. The molecule has 68 valence electrons. The molecule has 1 aliphatic rings. The molecule has 0 radical (unpaired) electrons. The van der Waals surface area contributed by atoms with Crippen LogP contribution in [0.1, 0.15) is 19.4 Å². The van der Waals surface area contributed by atoms with Crippen molar-refractivity contribution in [1.82, 2.24) is 0 Å². The highest BCUT2D eigenvalue weighted by Gasteiger charge is 2.20. The summed E-state index contributed by atoms with van der Waals surface area (Å²) in [4.78, 5) is 0.965. The fourth-order valence-electron chi connectivity index (χ4n) is 1.37. The van der Waals surface area contributed by atoms with Crippen molar-refractivity contribution < 1.29 is 4.74 Å². The molecular weight excluding hydrogens is 180 g/mol. The number of hydrogen-bond donors (Lipinski definition) is 1. The Kier molecular flexibility index (Phi) is 1.88. The van der Waals surface area contributed by atoms with E-state index in [2.05, 4.69) is 24.8 Å². The third kappa shape index (κ3) is 1.73. The van der Waals surface area contributed by atoms with Gasteiger partial charge in [0.15, 0.2) is 0 Å². The molecule has 0 fully saturated rings. The van der Waals surface area contributed by atoms with Crippen molar-refractivity contribution in [2.45, 2.75) is 24.3 Å². The van der Waals surface area contributed by atoms with E-state index in [0.717, 1.165) is 16.2 Å². The van der Waals surface area contributed by atoms with Crippen molar-refractivity contribution in [2.24, 2.45) is 0 Å². The molecule has 0 unspecified atom stereocenters. The molecule has 0 N–H and O–H groups in total. The van der Waals surface area contributed by atoms with Gasteiger partial charge in [-0.05, 0) is 38.1 Å². The van der Waals surface area contributed by atoms with Gasteiger partial charge in [0.05, 0.1) is 0 Å². The first-order valence-corrected chi connectivity index (χ1v) is 4.73. The van der Waals surface area contributed by atoms with Crippen LogP contribution in [0.5, 0.6) is 5.75 Å². The minimum Gasteiger partial charge on any atom is -0.483 e. The number of fused-ring (bicyclic) bond motifs is 1. The van der Waals surface area contributed by atoms with Gasteiger partial charge >= 0.3 is 0 Å². The topological polar surface area (TPSA) is 9.23 Å². The van der Waals surface area contributed by atoms with Gasteiger partial charge in [0.2, 0.25) is 0 Å². The van der Waals surface area contributed by atoms with E-state index in [4.69, 9.17) is 4.74 Å². The van der Waals surface area contributed by atoms with Crippen LogP contribution in [0.3, 0.4) is 0 Å². The lowest BCUT2D eigenvalue weighted by Gasteiger charge is -2.27. The Bertz CT molecular complexity index is 366. The van der Waals surface area contributed by atoms with Gasteiger partial charge in [0, 0.05) is 10.5 Å². The molecule has 13 heavy (non-hydrogen) atoms. The molecule has 1 aromatic carbocycles. The Morgan fingerprint density at radius 3 is 2.85 bits per heavy atom. The highest BCUT2D eigenvalue weighted by Crippen LogP contribution is 2.31. The number of ether oxygens (including phenoxy) is 1. The maximum absolute atomic E-state index is 5.75. The molecular formula is C11H12OS. The van der Waals surface area contributed by atoms with E-state index >= 15 is 0 Å². The van der Waals surface area contributed by atoms with Crippen LogP contribution in [0.25, 0.3) is 6.08 Å². The molecule has 1 aromatic rings. The summed E-state index contributed by atoms with van der Waals surface area (Å²) in [5.41, 5.74) is 0.914. The summed E-state index contributed by atoms with van der Waals surface area (Å²) in [6.07, 6.45) is 4.14. The predicted octanol–water partition coefficient (Wildman–Crippen LogP) is 3.16. The molecule has 0 atom stereocenters. The Balaban J connectivity index is 2.47. The van der Waals surface area contributed by atoms with Gasteiger partial charge in [-0.3, -0.25) is 0 Å². The molecule has 1 heterocycles. The Morgan fingerprint density at radius 1 is 1.31 bits per heavy atom. The smallest absolute Gasteiger partial charge is 0.127 e. The normalized spacial score (nSPS) is 17.8. The fraction of sp³-hybridized carbons (Fsp3) is 0.273. The van der Waals surface area contributed by atoms with Crippen molar-refractivity contribution in [3.63, 3.8) is 0 Å². The number of thiol groups is 1. The quantitative estimate of drug-likeness (QED) is 0.621. The second kappa shape index (κ2) is 2.81. The molecule has 0 saturated carbocycles. The molecule has 1 aliphatic heterocycles. The fourth-order valence-corrected chi connectivity index (χ4v) is 1.58. The number of hydrogen-bond acceptors (Lipinski definition) is 2. The maximum Gasteiger partial charge on any atom is 0.127 e. The van der Waals surface area contributed by atoms with Gasteiger partial charge in [-0.25, -0.2) is 0 Å². The van der Waals surface area contributed by atoms with Gasteiger partial charge in [0.1, 0.15) is 11.4 Å². The maximum atomic E-state index is 5.75. The van der Waals surface area contributed by atoms with E-state index in [-0.39, 0.29) is 5.60 Å². The van der Waals surface area contributed by atoms with Crippen LogP contribution in [0.2, 0.25) is 0 Å². The van der Waals surface area contributed by atoms with E-state index in [1.807, 2.05) is 32.0 Å². The summed E-state index contributed by atoms with van der Waals surface area (Å²) in [5.74, 6) is 0.935. The Hall–Kier alpha value is -0.890. The first kappa shape index (κ1) is 8.70. The van der Waals surface area contributed by atoms with Crippen molar-refractivity contribution in [3.05, 3.63) is 29.8 Å². The first-order valence-electron chi connectivity index (χ1n) is 4.28. The second-order valence-corrected chi connectivity index (χ2v) is 4.28. The van der Waals surface area contributed by atoms with Crippen molar-refractivity contribution in [3.8, 4) is 5.75 Å². The molecule has 0 saturated heterocycles. The third-order valence-electron chi connectivity index (χ3n) is 2.03. The van der Waals surface area contributed by atoms with Crippen LogP contribution in [-0.2, 0) is 0 Å². The van der Waals surface area contributed by atoms with Gasteiger partial charge in [-0.2, -0.15) is 0 Å². The lowest BCUT2D eigenvalue weighted by molar-refractivity contribution is 0.159. The number of benzene rings is 1. The van der Waals surface area contributed by atoms with E-state index in [0.29, 0.717) is 0 Å². The van der Waals surface area contributed by atoms with Crippen molar-refractivity contribution in [2.75, 3.05) is 0 Å². The minimum absolute atomic E-state index is 0.189. The summed E-state index contributed by atoms with van der Waals surface area (Å²) >= 11 is 4.27. The second-order valence-electron chi connectivity index (χ2n) is 3.76. The van der Waals surface area contributed by atoms with Crippen LogP contribution in [0.4, 0.5) is 0 Å². The summed E-state index contributed by atoms with van der Waals surface area (Å²) in [6.45, 7) is 4.09. The van der Waals surface area contributed by atoms with E-state index in [1.165, 1.54) is 0 Å². The summed E-state index contributed by atoms with van der Waals surface area (Å²) in [5, 5.41) is 0. The van der Waals surface area contributed by atoms with Gasteiger partial charge in [-0.15, -0.1) is 12.6 Å². The molecule has 0 aromatic heterocycles. The molecule has 0 amide bonds. The first-order chi connectivity index (χ1) is 6.07. The highest BCUT2D eigenvalue weighted by atomic mass is 32.1. The van der Waals surface area contributed by atoms with Crippen molar-refractivity contribution in [1.29, 1.82) is 0 Å². The highest BCUT2D eigenvalue weighted by molar-refractivity contribution is 7.80. The van der Waals surface area contributed by atoms with E-state index in [1.54, 1.807) is 0 Å². The van der Waals surface area contributed by atoms with Crippen LogP contribution in [0.15, 0.2) is 29.2 Å². The van der Waals surface area contributed by atoms with Gasteiger partial charge in [0.25, 0.3) is 0 Å². The van der Waals surface area contributed by atoms with E-state index in [9.17, 15) is 0 Å². The number of rotatable bonds is 0. The summed E-state index contributed by atoms with van der Waals surface area (Å²) < 4.78 is 5.75. The zero-order valence-corrected chi connectivity index (χ0v) is 8.64. The van der Waals surface area contributed by atoms with Crippen LogP contribution >= 0.6 is 12.6 Å². The minimum atomic E-state index is -0.189. The molecule has 0 spiro atoms. The van der Waals surface area contributed by atoms with Crippen molar-refractivity contribution >= 4 is 18.7 Å². The van der Waals surface area contributed by atoms with Gasteiger partial charge < -0.3 is 4.74 Å². The lowest BCUT2D eigenvalue weighted by Crippen LogP contribution is -2.27. The van der Waals surface area contributed by atoms with Crippen LogP contribution in [0, 0.1) is 0 Å². The Labute approximate surface area is 83.8 Å². The van der Waals surface area contributed by atoms with Crippen LogP contribution < -0.4 is 4.74 Å². The molecule has 0 bridgehead atoms. The molecule has 1 nitrogen and oxygen atoms in total. The predicted molar refractivity (Wildman–Crippen MR) is 57.4 cm³/mol. The largest absolute Gasteiger partial charge is 0.483 e. The summed E-state index contributed by atoms with van der Waals surface area (Å²) in [7, 11) is 0. The van der Waals surface area contributed by atoms with Gasteiger partial charge in [-0.1, -0.05) is 6.08 Å². The molecule has 2 rings (SSSR count). The summed E-state index contributed by atoms with van der Waals surface area (Å²) in [6, 6.07) is 5.91. The zero-order chi connectivity index (χ0) is 9.47. The molecule has 2 heteroatoms. The Morgan fingerprint density at radius 2 is 2.08 bits per heavy atom.